The summed E-state index contributed by atoms with van der Waals surface area (Å²) >= 11 is 1.35. The van der Waals surface area contributed by atoms with Crippen molar-refractivity contribution < 1.29 is 18.7 Å². The smallest absolute Gasteiger partial charge is 0.341 e. The highest BCUT2D eigenvalue weighted by molar-refractivity contribution is 7.23. The molecule has 0 fully saturated rings. The minimum absolute atomic E-state index is 0.258. The lowest BCUT2D eigenvalue weighted by Crippen LogP contribution is -2.07. The molecule has 0 aliphatic carbocycles. The highest BCUT2D eigenvalue weighted by atomic mass is 32.1. The van der Waals surface area contributed by atoms with Crippen molar-refractivity contribution in [2.75, 3.05) is 24.8 Å². The Labute approximate surface area is 148 Å². The average molecular weight is 360 g/mol. The third-order valence-corrected chi connectivity index (χ3v) is 4.71. The molecule has 25 heavy (non-hydrogen) atoms. The summed E-state index contributed by atoms with van der Waals surface area (Å²) in [7, 11) is 1.58. The lowest BCUT2D eigenvalue weighted by molar-refractivity contribution is 0.0530. The summed E-state index contributed by atoms with van der Waals surface area (Å²) in [6, 6.07) is 9.45. The van der Waals surface area contributed by atoms with E-state index in [2.05, 4.69) is 5.32 Å². The minimum atomic E-state index is -0.448. The van der Waals surface area contributed by atoms with E-state index in [0.29, 0.717) is 27.7 Å². The highest BCUT2D eigenvalue weighted by Gasteiger charge is 2.21. The summed E-state index contributed by atoms with van der Waals surface area (Å²) in [5.74, 6) is -0.186. The van der Waals surface area contributed by atoms with Crippen LogP contribution in [0.2, 0.25) is 0 Å². The molecule has 1 aromatic heterocycles. The highest BCUT2D eigenvalue weighted by Crippen LogP contribution is 2.40. The first-order valence-corrected chi connectivity index (χ1v) is 8.44. The molecule has 5 nitrogen and oxygen atoms in total. The summed E-state index contributed by atoms with van der Waals surface area (Å²) in [6.07, 6.45) is 0. The third kappa shape index (κ3) is 3.36. The first-order chi connectivity index (χ1) is 12.0. The Kier molecular flexibility index (Phi) is 4.76. The summed E-state index contributed by atoms with van der Waals surface area (Å²) in [4.78, 5) is 12.4. The number of methoxy groups -OCH3 is 1. The maximum atomic E-state index is 13.5. The summed E-state index contributed by atoms with van der Waals surface area (Å²) in [5.41, 5.74) is 7.07. The van der Waals surface area contributed by atoms with Crippen molar-refractivity contribution in [3.8, 4) is 5.75 Å². The van der Waals surface area contributed by atoms with Crippen LogP contribution in [0.4, 0.5) is 20.8 Å². The van der Waals surface area contributed by atoms with E-state index in [1.165, 1.54) is 29.5 Å². The minimum Gasteiger partial charge on any atom is -0.497 e. The summed E-state index contributed by atoms with van der Waals surface area (Å²) < 4.78 is 24.8. The molecule has 0 bridgehead atoms. The fourth-order valence-corrected chi connectivity index (χ4v) is 3.59. The van der Waals surface area contributed by atoms with E-state index in [-0.39, 0.29) is 6.61 Å². The predicted molar refractivity (Wildman–Crippen MR) is 98.4 cm³/mol. The Balaban J connectivity index is 2.13. The zero-order valence-corrected chi connectivity index (χ0v) is 14.6. The van der Waals surface area contributed by atoms with Crippen LogP contribution < -0.4 is 15.8 Å². The topological polar surface area (TPSA) is 73.6 Å². The van der Waals surface area contributed by atoms with Crippen LogP contribution in [-0.4, -0.2) is 19.7 Å². The molecule has 0 spiro atoms. The molecule has 0 atom stereocenters. The van der Waals surface area contributed by atoms with Crippen LogP contribution in [0.3, 0.4) is 0 Å². The van der Waals surface area contributed by atoms with Crippen LogP contribution in [0.15, 0.2) is 36.4 Å². The van der Waals surface area contributed by atoms with Gasteiger partial charge in [-0.15, -0.1) is 11.3 Å². The number of fused-ring (bicyclic) bond motifs is 1. The number of nitrogen functional groups attached to an aromatic ring is 1. The van der Waals surface area contributed by atoms with Gasteiger partial charge >= 0.3 is 5.97 Å². The Bertz CT molecular complexity index is 939. The van der Waals surface area contributed by atoms with Gasteiger partial charge in [0.05, 0.1) is 25.1 Å². The SMILES string of the molecule is CCOC(=O)c1c(Nc2cc(F)ccc2N)sc2cc(OC)ccc12. The van der Waals surface area contributed by atoms with Crippen molar-refractivity contribution in [2.24, 2.45) is 0 Å². The lowest BCUT2D eigenvalue weighted by atomic mass is 10.1. The van der Waals surface area contributed by atoms with Gasteiger partial charge in [0.2, 0.25) is 0 Å². The number of ether oxygens (including phenoxy) is 2. The van der Waals surface area contributed by atoms with Crippen LogP contribution in [0, 0.1) is 5.82 Å². The van der Waals surface area contributed by atoms with E-state index in [1.54, 1.807) is 26.2 Å². The first-order valence-electron chi connectivity index (χ1n) is 7.63. The maximum Gasteiger partial charge on any atom is 0.341 e. The van der Waals surface area contributed by atoms with Crippen LogP contribution in [0.25, 0.3) is 10.1 Å². The summed E-state index contributed by atoms with van der Waals surface area (Å²) in [5, 5.41) is 4.34. The maximum absolute atomic E-state index is 13.5. The number of esters is 1. The molecule has 3 aromatic rings. The number of hydrogen-bond acceptors (Lipinski definition) is 6. The van der Waals surface area contributed by atoms with E-state index >= 15 is 0 Å². The number of halogens is 1. The monoisotopic (exact) mass is 360 g/mol. The van der Waals surface area contributed by atoms with Gasteiger partial charge in [0.25, 0.3) is 0 Å². The van der Waals surface area contributed by atoms with Gasteiger partial charge in [-0.25, -0.2) is 9.18 Å². The van der Waals surface area contributed by atoms with Gasteiger partial charge in [-0.05, 0) is 43.3 Å². The Morgan fingerprint density at radius 1 is 1.28 bits per heavy atom. The second-order valence-electron chi connectivity index (χ2n) is 5.25. The molecule has 2 aromatic carbocycles. The Morgan fingerprint density at radius 3 is 2.80 bits per heavy atom. The number of carbonyl (C=O) groups is 1. The molecule has 0 amide bonds. The standard InChI is InChI=1S/C18H17FN2O3S/c1-3-24-18(22)16-12-6-5-11(23-2)9-15(12)25-17(16)21-14-8-10(19)4-7-13(14)20/h4-9,21H,3,20H2,1-2H3. The molecule has 130 valence electrons. The number of nitrogens with two attached hydrogens (primary N) is 1. The molecule has 0 aliphatic heterocycles. The van der Waals surface area contributed by atoms with Crippen molar-refractivity contribution in [1.82, 2.24) is 0 Å². The number of benzene rings is 2. The van der Waals surface area contributed by atoms with E-state index < -0.39 is 11.8 Å². The average Bonchev–Trinajstić information content (AvgIpc) is 2.95. The van der Waals surface area contributed by atoms with Gasteiger partial charge in [-0.1, -0.05) is 0 Å². The van der Waals surface area contributed by atoms with E-state index in [1.807, 2.05) is 6.07 Å². The van der Waals surface area contributed by atoms with Crippen molar-refractivity contribution in [3.63, 3.8) is 0 Å². The van der Waals surface area contributed by atoms with Crippen molar-refractivity contribution in [2.45, 2.75) is 6.92 Å². The van der Waals surface area contributed by atoms with E-state index in [4.69, 9.17) is 15.2 Å². The lowest BCUT2D eigenvalue weighted by Gasteiger charge is -2.10. The molecule has 0 radical (unpaired) electrons. The molecule has 1 heterocycles. The summed E-state index contributed by atoms with van der Waals surface area (Å²) in [6.45, 7) is 2.00. The fourth-order valence-electron chi connectivity index (χ4n) is 2.46. The Morgan fingerprint density at radius 2 is 2.08 bits per heavy atom. The normalized spacial score (nSPS) is 10.7. The quantitative estimate of drug-likeness (QED) is 0.516. The number of nitrogens with one attached hydrogen (secondary N) is 1. The van der Waals surface area contributed by atoms with Gasteiger partial charge in [0, 0.05) is 10.1 Å². The van der Waals surface area contributed by atoms with E-state index in [0.717, 1.165) is 10.1 Å². The number of rotatable bonds is 5. The van der Waals surface area contributed by atoms with Crippen molar-refractivity contribution >= 4 is 43.8 Å². The zero-order valence-electron chi connectivity index (χ0n) is 13.8. The van der Waals surface area contributed by atoms with Gasteiger partial charge < -0.3 is 20.5 Å². The fraction of sp³-hybridized carbons (Fsp3) is 0.167. The molecule has 3 N–H and O–H groups in total. The molecule has 7 heteroatoms. The zero-order chi connectivity index (χ0) is 18.0. The second kappa shape index (κ2) is 6.98. The van der Waals surface area contributed by atoms with Gasteiger partial charge in [-0.2, -0.15) is 0 Å². The molecule has 0 saturated carbocycles. The van der Waals surface area contributed by atoms with Crippen molar-refractivity contribution in [1.29, 1.82) is 0 Å². The first kappa shape index (κ1) is 17.0. The third-order valence-electron chi connectivity index (χ3n) is 3.64. The second-order valence-corrected chi connectivity index (χ2v) is 6.30. The van der Waals surface area contributed by atoms with Gasteiger partial charge in [0.1, 0.15) is 22.1 Å². The molecule has 0 aliphatic rings. The molecule has 0 unspecified atom stereocenters. The van der Waals surface area contributed by atoms with Gasteiger partial charge in [-0.3, -0.25) is 0 Å². The largest absolute Gasteiger partial charge is 0.497 e. The number of carbonyl (C=O) groups excluding carboxylic acids is 1. The van der Waals surface area contributed by atoms with Crippen LogP contribution >= 0.6 is 11.3 Å². The Hall–Kier alpha value is -2.80. The van der Waals surface area contributed by atoms with Crippen LogP contribution in [0.1, 0.15) is 17.3 Å². The van der Waals surface area contributed by atoms with E-state index in [9.17, 15) is 9.18 Å². The number of thiophene rings is 1. The molecule has 3 rings (SSSR count). The number of hydrogen-bond donors (Lipinski definition) is 2. The predicted octanol–water partition coefficient (Wildman–Crippen LogP) is 4.55. The van der Waals surface area contributed by atoms with Crippen LogP contribution in [-0.2, 0) is 4.74 Å². The van der Waals surface area contributed by atoms with Crippen molar-refractivity contribution in [3.05, 3.63) is 47.8 Å². The molecule has 0 saturated heterocycles. The molecular weight excluding hydrogens is 343 g/mol. The molecular formula is C18H17FN2O3S. The number of anilines is 3. The van der Waals surface area contributed by atoms with Gasteiger partial charge in [0.15, 0.2) is 0 Å². The van der Waals surface area contributed by atoms with Crippen LogP contribution in [0.5, 0.6) is 5.75 Å².